The van der Waals surface area contributed by atoms with Gasteiger partial charge in [0.05, 0.1) is 25.9 Å². The Balaban J connectivity index is 3.45. The molecule has 0 fully saturated rings. The standard InChI is InChI=1S/C19H31N3O8/c1-7-22(18(27)30-19(2,3)4)12(9-8-11(10-23)28-5)15-20-13(17(26)29-6)14(24)16(25)21-15/h11-12,23-24H,7-10H2,1-6H3,(H,20,21,25). The maximum atomic E-state index is 12.8. The van der Waals surface area contributed by atoms with Crippen molar-refractivity contribution in [1.29, 1.82) is 0 Å². The summed E-state index contributed by atoms with van der Waals surface area (Å²) >= 11 is 0. The zero-order chi connectivity index (χ0) is 23.1. The first-order valence-corrected chi connectivity index (χ1v) is 9.53. The first-order valence-electron chi connectivity index (χ1n) is 9.53. The van der Waals surface area contributed by atoms with E-state index < -0.39 is 46.8 Å². The van der Waals surface area contributed by atoms with E-state index in [-0.39, 0.29) is 25.4 Å². The van der Waals surface area contributed by atoms with E-state index in [4.69, 9.17) is 9.47 Å². The molecule has 0 aliphatic carbocycles. The fourth-order valence-electron chi connectivity index (χ4n) is 2.75. The Morgan fingerprint density at radius 1 is 1.23 bits per heavy atom. The highest BCUT2D eigenvalue weighted by atomic mass is 16.6. The Hall–Kier alpha value is -2.66. The van der Waals surface area contributed by atoms with Crippen LogP contribution in [0.5, 0.6) is 5.75 Å². The molecular formula is C19H31N3O8. The first-order chi connectivity index (χ1) is 14.0. The average Bonchev–Trinajstić information content (AvgIpc) is 2.67. The Labute approximate surface area is 175 Å². The predicted molar refractivity (Wildman–Crippen MR) is 106 cm³/mol. The van der Waals surface area contributed by atoms with Gasteiger partial charge in [0.1, 0.15) is 11.4 Å². The van der Waals surface area contributed by atoms with E-state index in [2.05, 4.69) is 14.7 Å². The number of ether oxygens (including phenoxy) is 3. The molecule has 0 saturated heterocycles. The smallest absolute Gasteiger partial charge is 0.410 e. The largest absolute Gasteiger partial charge is 0.501 e. The second-order valence-corrected chi connectivity index (χ2v) is 7.54. The molecule has 1 aromatic rings. The van der Waals surface area contributed by atoms with E-state index in [1.807, 2.05) is 0 Å². The van der Waals surface area contributed by atoms with Gasteiger partial charge in [-0.3, -0.25) is 9.69 Å². The van der Waals surface area contributed by atoms with E-state index >= 15 is 0 Å². The fraction of sp³-hybridized carbons (Fsp3) is 0.684. The Kier molecular flexibility index (Phi) is 9.24. The van der Waals surface area contributed by atoms with Gasteiger partial charge in [-0.05, 0) is 40.5 Å². The second kappa shape index (κ2) is 10.9. The van der Waals surface area contributed by atoms with Gasteiger partial charge in [0.25, 0.3) is 5.56 Å². The number of H-pyrrole nitrogens is 1. The molecule has 30 heavy (non-hydrogen) atoms. The number of rotatable bonds is 9. The number of amides is 1. The quantitative estimate of drug-likeness (QED) is 0.494. The average molecular weight is 429 g/mol. The summed E-state index contributed by atoms with van der Waals surface area (Å²) in [7, 11) is 2.53. The zero-order valence-corrected chi connectivity index (χ0v) is 18.2. The number of methoxy groups -OCH3 is 2. The van der Waals surface area contributed by atoms with E-state index in [0.29, 0.717) is 6.42 Å². The molecule has 2 atom stereocenters. The molecule has 0 aromatic carbocycles. The van der Waals surface area contributed by atoms with Crippen LogP contribution >= 0.6 is 0 Å². The Bertz CT molecular complexity index is 783. The zero-order valence-electron chi connectivity index (χ0n) is 18.2. The molecule has 2 unspecified atom stereocenters. The van der Waals surface area contributed by atoms with E-state index in [0.717, 1.165) is 7.11 Å². The van der Waals surface area contributed by atoms with Gasteiger partial charge in [0, 0.05) is 13.7 Å². The van der Waals surface area contributed by atoms with Crippen LogP contribution in [0.4, 0.5) is 4.79 Å². The molecule has 11 heteroatoms. The molecule has 0 spiro atoms. The minimum atomic E-state index is -0.996. The van der Waals surface area contributed by atoms with Crippen molar-refractivity contribution in [3.8, 4) is 5.75 Å². The van der Waals surface area contributed by atoms with Gasteiger partial charge in [-0.25, -0.2) is 14.6 Å². The molecule has 0 bridgehead atoms. The lowest BCUT2D eigenvalue weighted by molar-refractivity contribution is 0.00854. The summed E-state index contributed by atoms with van der Waals surface area (Å²) in [5.74, 6) is -1.91. The molecule has 0 aliphatic heterocycles. The number of aromatic hydroxyl groups is 1. The lowest BCUT2D eigenvalue weighted by atomic mass is 10.1. The van der Waals surface area contributed by atoms with Gasteiger partial charge >= 0.3 is 12.1 Å². The van der Waals surface area contributed by atoms with Crippen LogP contribution in [0.25, 0.3) is 0 Å². The third-order valence-corrected chi connectivity index (χ3v) is 4.25. The highest BCUT2D eigenvalue weighted by Gasteiger charge is 2.32. The predicted octanol–water partition coefficient (Wildman–Crippen LogP) is 1.35. The number of nitrogens with zero attached hydrogens (tertiary/aromatic N) is 2. The monoisotopic (exact) mass is 429 g/mol. The summed E-state index contributed by atoms with van der Waals surface area (Å²) in [4.78, 5) is 44.7. The molecule has 1 aromatic heterocycles. The number of hydrogen-bond donors (Lipinski definition) is 3. The van der Waals surface area contributed by atoms with Crippen LogP contribution in [0, 0.1) is 0 Å². The van der Waals surface area contributed by atoms with Gasteiger partial charge in [0.2, 0.25) is 5.75 Å². The molecule has 1 heterocycles. The number of aliphatic hydroxyl groups excluding tert-OH is 1. The van der Waals surface area contributed by atoms with Crippen LogP contribution in [0.3, 0.4) is 0 Å². The number of aliphatic hydroxyl groups is 1. The topological polar surface area (TPSA) is 151 Å². The molecular weight excluding hydrogens is 398 g/mol. The van der Waals surface area contributed by atoms with Gasteiger partial charge < -0.3 is 29.4 Å². The third kappa shape index (κ3) is 6.70. The van der Waals surface area contributed by atoms with Crippen LogP contribution in [0.15, 0.2) is 4.79 Å². The fourth-order valence-corrected chi connectivity index (χ4v) is 2.75. The summed E-state index contributed by atoms with van der Waals surface area (Å²) in [6.45, 7) is 6.84. The van der Waals surface area contributed by atoms with Crippen molar-refractivity contribution in [2.75, 3.05) is 27.4 Å². The molecule has 11 nitrogen and oxygen atoms in total. The molecule has 1 amide bonds. The number of hydrogen-bond acceptors (Lipinski definition) is 9. The molecule has 0 aliphatic rings. The van der Waals surface area contributed by atoms with Crippen LogP contribution < -0.4 is 5.56 Å². The molecule has 170 valence electrons. The van der Waals surface area contributed by atoms with E-state index in [1.54, 1.807) is 27.7 Å². The minimum absolute atomic E-state index is 0.0290. The lowest BCUT2D eigenvalue weighted by Crippen LogP contribution is -2.41. The highest BCUT2D eigenvalue weighted by molar-refractivity contribution is 5.89. The summed E-state index contributed by atoms with van der Waals surface area (Å²) in [6, 6.07) is -0.828. The molecule has 3 N–H and O–H groups in total. The van der Waals surface area contributed by atoms with Crippen molar-refractivity contribution in [1.82, 2.24) is 14.9 Å². The SMILES string of the molecule is CCN(C(=O)OC(C)(C)C)C(CCC(CO)OC)c1nc(C(=O)OC)c(O)c(=O)[nH]1. The maximum absolute atomic E-state index is 12.8. The highest BCUT2D eigenvalue weighted by Crippen LogP contribution is 2.27. The van der Waals surface area contributed by atoms with Gasteiger partial charge in [-0.15, -0.1) is 0 Å². The molecule has 0 saturated carbocycles. The van der Waals surface area contributed by atoms with Crippen molar-refractivity contribution < 1.29 is 34.0 Å². The van der Waals surface area contributed by atoms with Crippen LogP contribution in [-0.4, -0.2) is 76.2 Å². The number of carbonyl (C=O) groups excluding carboxylic acids is 2. The van der Waals surface area contributed by atoms with Crippen molar-refractivity contribution >= 4 is 12.1 Å². The minimum Gasteiger partial charge on any atom is -0.501 e. The van der Waals surface area contributed by atoms with Crippen LogP contribution in [0.1, 0.15) is 62.9 Å². The Morgan fingerprint density at radius 3 is 2.33 bits per heavy atom. The van der Waals surface area contributed by atoms with Gasteiger partial charge in [-0.1, -0.05) is 0 Å². The molecule has 1 rings (SSSR count). The number of aromatic nitrogens is 2. The third-order valence-electron chi connectivity index (χ3n) is 4.25. The summed E-state index contributed by atoms with van der Waals surface area (Å²) in [5.41, 5.74) is -2.27. The van der Waals surface area contributed by atoms with Gasteiger partial charge in [-0.2, -0.15) is 0 Å². The number of aromatic amines is 1. The first kappa shape index (κ1) is 25.4. The second-order valence-electron chi connectivity index (χ2n) is 7.54. The van der Waals surface area contributed by atoms with Crippen molar-refractivity contribution in [2.45, 2.75) is 58.3 Å². The lowest BCUT2D eigenvalue weighted by Gasteiger charge is -2.33. The Morgan fingerprint density at radius 2 is 1.87 bits per heavy atom. The maximum Gasteiger partial charge on any atom is 0.410 e. The van der Waals surface area contributed by atoms with Crippen LogP contribution in [0.2, 0.25) is 0 Å². The van der Waals surface area contributed by atoms with Crippen molar-refractivity contribution in [2.24, 2.45) is 0 Å². The van der Waals surface area contributed by atoms with Gasteiger partial charge in [0.15, 0.2) is 5.69 Å². The van der Waals surface area contributed by atoms with E-state index in [9.17, 15) is 24.6 Å². The van der Waals surface area contributed by atoms with Crippen molar-refractivity contribution in [3.05, 3.63) is 21.9 Å². The molecule has 0 radical (unpaired) electrons. The van der Waals surface area contributed by atoms with Crippen LogP contribution in [-0.2, 0) is 14.2 Å². The summed E-state index contributed by atoms with van der Waals surface area (Å²) in [6.07, 6.45) is -0.618. The normalized spacial score (nSPS) is 13.4. The number of esters is 1. The van der Waals surface area contributed by atoms with E-state index in [1.165, 1.54) is 12.0 Å². The number of nitrogens with one attached hydrogen (secondary N) is 1. The summed E-state index contributed by atoms with van der Waals surface area (Å²) in [5, 5.41) is 19.3. The summed E-state index contributed by atoms with van der Waals surface area (Å²) < 4.78 is 15.2. The number of carbonyl (C=O) groups is 2. The van der Waals surface area contributed by atoms with Crippen molar-refractivity contribution in [3.63, 3.8) is 0 Å².